The first-order valence-electron chi connectivity index (χ1n) is 18.5. The largest absolute Gasteiger partial charge is 0.375 e. The molecule has 2 saturated heterocycles. The number of carbonyl (C=O) groups excluding carboxylic acids is 1. The Labute approximate surface area is 299 Å². The van der Waals surface area contributed by atoms with Gasteiger partial charge in [-0.1, -0.05) is 50.8 Å². The Bertz CT molecular complexity index is 1710. The molecule has 8 heteroatoms. The summed E-state index contributed by atoms with van der Waals surface area (Å²) < 4.78 is 0. The number of nitrogens with one attached hydrogen (secondary N) is 2. The monoisotopic (exact) mass is 673 g/mol. The second-order valence-electron chi connectivity index (χ2n) is 15.3. The van der Waals surface area contributed by atoms with Crippen LogP contribution in [0.2, 0.25) is 0 Å². The van der Waals surface area contributed by atoms with Crippen molar-refractivity contribution in [1.82, 2.24) is 15.1 Å². The number of benzene rings is 2. The van der Waals surface area contributed by atoms with Crippen molar-refractivity contribution in [1.29, 1.82) is 10.7 Å². The van der Waals surface area contributed by atoms with E-state index in [4.69, 9.17) is 5.41 Å². The highest BCUT2D eigenvalue weighted by atomic mass is 16.1. The average molecular weight is 674 g/mol. The molecule has 2 aromatic carbocycles. The van der Waals surface area contributed by atoms with E-state index < -0.39 is 5.41 Å². The van der Waals surface area contributed by atoms with Gasteiger partial charge in [-0.25, -0.2) is 0 Å². The maximum Gasteiger partial charge on any atom is 0.166 e. The number of ketones is 1. The Balaban J connectivity index is 1.02. The van der Waals surface area contributed by atoms with Gasteiger partial charge in [-0.15, -0.1) is 0 Å². The number of nitrogens with zero attached hydrogens (tertiary/aromatic N) is 5. The van der Waals surface area contributed by atoms with Crippen molar-refractivity contribution in [3.05, 3.63) is 83.2 Å². The zero-order valence-electron chi connectivity index (χ0n) is 30.8. The first-order chi connectivity index (χ1) is 24.1. The minimum Gasteiger partial charge on any atom is -0.375 e. The third-order valence-corrected chi connectivity index (χ3v) is 11.8. The number of amidine groups is 1. The topological polar surface area (TPSA) is 89.7 Å². The van der Waals surface area contributed by atoms with Gasteiger partial charge in [0.2, 0.25) is 0 Å². The van der Waals surface area contributed by atoms with Crippen molar-refractivity contribution >= 4 is 35.1 Å². The number of allylic oxidation sites excluding steroid dienone is 1. The van der Waals surface area contributed by atoms with Gasteiger partial charge in [0.25, 0.3) is 0 Å². The van der Waals surface area contributed by atoms with Gasteiger partial charge in [0.05, 0.1) is 11.5 Å². The number of likely N-dealkylation sites (N-methyl/N-ethyl adjacent to an activating group) is 1. The van der Waals surface area contributed by atoms with Gasteiger partial charge in [0.1, 0.15) is 11.7 Å². The summed E-state index contributed by atoms with van der Waals surface area (Å²) in [5.41, 5.74) is 5.98. The highest BCUT2D eigenvalue weighted by Crippen LogP contribution is 2.68. The lowest BCUT2D eigenvalue weighted by Crippen LogP contribution is -2.55. The quantitative estimate of drug-likeness (QED) is 0.133. The fourth-order valence-corrected chi connectivity index (χ4v) is 8.26. The molecule has 2 saturated carbocycles. The molecule has 1 atom stereocenters. The van der Waals surface area contributed by atoms with Gasteiger partial charge in [0, 0.05) is 94.8 Å². The predicted octanol–water partition coefficient (Wildman–Crippen LogP) is 7.16. The summed E-state index contributed by atoms with van der Waals surface area (Å²) in [5.74, 6) is 2.18. The molecule has 4 aliphatic rings. The van der Waals surface area contributed by atoms with Crippen molar-refractivity contribution in [2.75, 3.05) is 69.7 Å². The summed E-state index contributed by atoms with van der Waals surface area (Å²) >= 11 is 0. The van der Waals surface area contributed by atoms with E-state index in [1.165, 1.54) is 18.5 Å². The predicted molar refractivity (Wildman–Crippen MR) is 207 cm³/mol. The van der Waals surface area contributed by atoms with Crippen LogP contribution in [0.4, 0.5) is 11.4 Å². The molecule has 8 nitrogen and oxygen atoms in total. The van der Waals surface area contributed by atoms with Crippen molar-refractivity contribution in [2.45, 2.75) is 58.3 Å². The minimum absolute atomic E-state index is 0.0302. The third-order valence-electron chi connectivity index (χ3n) is 11.8. The van der Waals surface area contributed by atoms with E-state index in [9.17, 15) is 10.1 Å². The van der Waals surface area contributed by atoms with Gasteiger partial charge < -0.3 is 20.0 Å². The Kier molecular flexibility index (Phi) is 10.3. The highest BCUT2D eigenvalue weighted by Gasteiger charge is 2.62. The molecule has 0 amide bonds. The van der Waals surface area contributed by atoms with E-state index in [-0.39, 0.29) is 11.7 Å². The molecule has 2 aromatic rings. The summed E-state index contributed by atoms with van der Waals surface area (Å²) in [6.07, 6.45) is 13.1. The zero-order valence-corrected chi connectivity index (χ0v) is 30.8. The summed E-state index contributed by atoms with van der Waals surface area (Å²) in [4.78, 5) is 22.2. The number of piperazine rings is 1. The van der Waals surface area contributed by atoms with E-state index in [1.54, 1.807) is 0 Å². The van der Waals surface area contributed by atoms with E-state index in [2.05, 4.69) is 76.0 Å². The van der Waals surface area contributed by atoms with Crippen LogP contribution in [0.3, 0.4) is 0 Å². The maximum atomic E-state index is 13.0. The normalized spacial score (nSPS) is 20.5. The highest BCUT2D eigenvalue weighted by molar-refractivity contribution is 6.04. The molecular weight excluding hydrogens is 619 g/mol. The second-order valence-corrected chi connectivity index (χ2v) is 15.3. The summed E-state index contributed by atoms with van der Waals surface area (Å²) in [5, 5.41) is 22.5. The summed E-state index contributed by atoms with van der Waals surface area (Å²) in [6.45, 7) is 17.1. The van der Waals surface area contributed by atoms with Crippen molar-refractivity contribution in [3.63, 3.8) is 0 Å². The van der Waals surface area contributed by atoms with Gasteiger partial charge in [-0.05, 0) is 85.4 Å². The maximum absolute atomic E-state index is 13.0. The van der Waals surface area contributed by atoms with Crippen LogP contribution in [0.25, 0.3) is 12.2 Å². The number of carbonyl (C=O) groups is 1. The molecule has 0 bridgehead atoms. The Morgan fingerprint density at radius 3 is 2.46 bits per heavy atom. The zero-order chi connectivity index (χ0) is 35.6. The van der Waals surface area contributed by atoms with E-state index >= 15 is 0 Å². The van der Waals surface area contributed by atoms with Gasteiger partial charge in [-0.3, -0.25) is 15.1 Å². The molecular formula is C42H55N7O. The molecule has 2 aliphatic heterocycles. The van der Waals surface area contributed by atoms with E-state index in [1.807, 2.05) is 57.1 Å². The van der Waals surface area contributed by atoms with E-state index in [0.717, 1.165) is 98.8 Å². The molecule has 2 heterocycles. The Hall–Kier alpha value is -4.35. The molecule has 1 unspecified atom stereocenters. The van der Waals surface area contributed by atoms with Crippen LogP contribution in [0, 0.1) is 34.0 Å². The fraction of sp³-hybridized carbons (Fsp3) is 0.500. The number of rotatable bonds is 13. The van der Waals surface area contributed by atoms with Crippen molar-refractivity contribution < 1.29 is 4.79 Å². The van der Waals surface area contributed by atoms with Crippen LogP contribution in [-0.2, 0) is 5.41 Å². The standard InChI is InChI=1S/C42H55N7O/c1-7-10-33-21-35(13-14-36(33)40(50)30(4)8-2)48-19-17-47(18-20-48)24-31-25-49(26-31)39(45-5)23-38(44)46(6)37-22-34(12-11-32(37)9-3)42(29-43)27-41(28-42)15-16-41/h7,9-14,21-23,30-31,44-45H,3,8,15-20,24-28H2,1-2,4-6H3/b10-7+,39-23+,44-38?. The lowest BCUT2D eigenvalue weighted by Gasteiger charge is -2.45. The molecule has 264 valence electrons. The molecule has 2 N–H and O–H groups in total. The fourth-order valence-electron chi connectivity index (χ4n) is 8.26. The van der Waals surface area contributed by atoms with Crippen LogP contribution in [0.5, 0.6) is 0 Å². The molecule has 1 spiro atoms. The van der Waals surface area contributed by atoms with Crippen LogP contribution in [-0.4, -0.2) is 81.3 Å². The Morgan fingerprint density at radius 1 is 1.14 bits per heavy atom. The SMILES string of the molecule is C=Cc1ccc(C2(C#N)CC3(CC3)C2)cc1N(C)C(=N)/C=C(\NC)N1CC(CN2CCN(c3ccc(C(=O)C(C)CC)c(/C=C/C)c3)CC2)C1. The van der Waals surface area contributed by atoms with Crippen LogP contribution >= 0.6 is 0 Å². The smallest absolute Gasteiger partial charge is 0.166 e. The minimum atomic E-state index is -0.408. The Morgan fingerprint density at radius 2 is 1.86 bits per heavy atom. The van der Waals surface area contributed by atoms with Crippen LogP contribution < -0.4 is 15.1 Å². The number of likely N-dealkylation sites (tertiary alicyclic amines) is 1. The molecule has 6 rings (SSSR count). The molecule has 0 aromatic heterocycles. The lowest BCUT2D eigenvalue weighted by atomic mass is 9.57. The second kappa shape index (κ2) is 14.5. The van der Waals surface area contributed by atoms with Gasteiger partial charge >= 0.3 is 0 Å². The number of hydrogen-bond donors (Lipinski definition) is 2. The molecule has 2 aliphatic carbocycles. The average Bonchev–Trinajstić information content (AvgIpc) is 3.91. The van der Waals surface area contributed by atoms with Gasteiger partial charge in [0.15, 0.2) is 5.78 Å². The first kappa shape index (κ1) is 35.5. The number of anilines is 2. The molecule has 4 fully saturated rings. The third kappa shape index (κ3) is 6.98. The number of hydrogen-bond acceptors (Lipinski definition) is 7. The summed E-state index contributed by atoms with van der Waals surface area (Å²) in [6, 6.07) is 15.2. The first-order valence-corrected chi connectivity index (χ1v) is 18.5. The van der Waals surface area contributed by atoms with Crippen molar-refractivity contribution in [2.24, 2.45) is 17.3 Å². The lowest BCUT2D eigenvalue weighted by molar-refractivity contribution is 0.0889. The van der Waals surface area contributed by atoms with Gasteiger partial charge in [-0.2, -0.15) is 5.26 Å². The van der Waals surface area contributed by atoms with Crippen molar-refractivity contribution in [3.8, 4) is 6.07 Å². The van der Waals surface area contributed by atoms with Crippen LogP contribution in [0.15, 0.2) is 61.0 Å². The molecule has 0 radical (unpaired) electrons. The van der Waals surface area contributed by atoms with E-state index in [0.29, 0.717) is 17.2 Å². The number of Topliss-reactive ketones (excluding diaryl/α,β-unsaturated/α-hetero) is 1. The number of nitriles is 1. The van der Waals surface area contributed by atoms with Crippen LogP contribution in [0.1, 0.15) is 79.9 Å². The molecule has 50 heavy (non-hydrogen) atoms. The summed E-state index contributed by atoms with van der Waals surface area (Å²) in [7, 11) is 3.86.